The van der Waals surface area contributed by atoms with Crippen LogP contribution in [0.3, 0.4) is 0 Å². The molecule has 3 rings (SSSR count). The van der Waals surface area contributed by atoms with Gasteiger partial charge in [0.05, 0.1) is 18.6 Å². The summed E-state index contributed by atoms with van der Waals surface area (Å²) in [5, 5.41) is 0.985. The van der Waals surface area contributed by atoms with Crippen molar-refractivity contribution in [1.29, 1.82) is 0 Å². The molecule has 0 saturated carbocycles. The standard InChI is InChI=1S/C20H26N2O4/c1-20(2,3)19(24)26-15-5-6-17-16(12-15)14(13-21-17)4-7-18(23)22-8-10-25-11-9-22/h5-6,12-13,21H,4,7-11H2,1-3H3. The largest absolute Gasteiger partial charge is 0.426 e. The van der Waals surface area contributed by atoms with Crippen molar-refractivity contribution in [2.45, 2.75) is 33.6 Å². The first-order valence-corrected chi connectivity index (χ1v) is 9.02. The van der Waals surface area contributed by atoms with Crippen LogP contribution in [-0.2, 0) is 20.7 Å². The predicted octanol–water partition coefficient (Wildman–Crippen LogP) is 2.91. The van der Waals surface area contributed by atoms with E-state index < -0.39 is 5.41 Å². The van der Waals surface area contributed by atoms with Gasteiger partial charge in [-0.25, -0.2) is 0 Å². The quantitative estimate of drug-likeness (QED) is 0.674. The summed E-state index contributed by atoms with van der Waals surface area (Å²) in [5.41, 5.74) is 1.46. The second-order valence-electron chi connectivity index (χ2n) is 7.65. The van der Waals surface area contributed by atoms with E-state index in [0.717, 1.165) is 16.5 Å². The highest BCUT2D eigenvalue weighted by Gasteiger charge is 2.24. The van der Waals surface area contributed by atoms with Gasteiger partial charge in [0.1, 0.15) is 5.75 Å². The number of esters is 1. The second kappa shape index (κ2) is 7.50. The topological polar surface area (TPSA) is 71.6 Å². The number of aromatic nitrogens is 1. The van der Waals surface area contributed by atoms with E-state index in [0.29, 0.717) is 44.9 Å². The maximum absolute atomic E-state index is 12.3. The molecule has 0 bridgehead atoms. The first kappa shape index (κ1) is 18.5. The Bertz CT molecular complexity index is 798. The highest BCUT2D eigenvalue weighted by molar-refractivity contribution is 5.87. The minimum Gasteiger partial charge on any atom is -0.426 e. The van der Waals surface area contributed by atoms with Crippen LogP contribution in [-0.4, -0.2) is 48.1 Å². The molecule has 0 unspecified atom stereocenters. The molecule has 6 nitrogen and oxygen atoms in total. The number of hydrogen-bond donors (Lipinski definition) is 1. The number of rotatable bonds is 4. The third kappa shape index (κ3) is 4.25. The number of carbonyl (C=O) groups is 2. The van der Waals surface area contributed by atoms with Crippen LogP contribution in [0.25, 0.3) is 10.9 Å². The van der Waals surface area contributed by atoms with Crippen molar-refractivity contribution in [3.8, 4) is 5.75 Å². The molecule has 1 aliphatic heterocycles. The van der Waals surface area contributed by atoms with Gasteiger partial charge in [0.25, 0.3) is 0 Å². The van der Waals surface area contributed by atoms with E-state index in [2.05, 4.69) is 4.98 Å². The van der Waals surface area contributed by atoms with E-state index in [1.807, 2.05) is 44.0 Å². The molecular formula is C20H26N2O4. The molecule has 1 fully saturated rings. The van der Waals surface area contributed by atoms with Crippen LogP contribution in [0.2, 0.25) is 0 Å². The molecule has 1 aromatic heterocycles. The molecule has 0 atom stereocenters. The van der Waals surface area contributed by atoms with Crippen LogP contribution in [0.15, 0.2) is 24.4 Å². The Kier molecular flexibility index (Phi) is 5.32. The Morgan fingerprint density at radius 3 is 2.65 bits per heavy atom. The van der Waals surface area contributed by atoms with Gasteiger partial charge in [-0.15, -0.1) is 0 Å². The molecular weight excluding hydrogens is 332 g/mol. The van der Waals surface area contributed by atoms with Gasteiger partial charge in [-0.2, -0.15) is 0 Å². The number of aromatic amines is 1. The average molecular weight is 358 g/mol. The van der Waals surface area contributed by atoms with Crippen molar-refractivity contribution in [3.05, 3.63) is 30.0 Å². The number of fused-ring (bicyclic) bond motifs is 1. The minimum atomic E-state index is -0.555. The molecule has 1 saturated heterocycles. The fourth-order valence-corrected chi connectivity index (χ4v) is 2.90. The van der Waals surface area contributed by atoms with Crippen molar-refractivity contribution in [3.63, 3.8) is 0 Å². The van der Waals surface area contributed by atoms with Crippen molar-refractivity contribution < 1.29 is 19.1 Å². The highest BCUT2D eigenvalue weighted by atomic mass is 16.5. The average Bonchev–Trinajstić information content (AvgIpc) is 3.02. The minimum absolute atomic E-state index is 0.151. The van der Waals surface area contributed by atoms with Crippen LogP contribution >= 0.6 is 0 Å². The molecule has 26 heavy (non-hydrogen) atoms. The lowest BCUT2D eigenvalue weighted by Gasteiger charge is -2.26. The van der Waals surface area contributed by atoms with Crippen LogP contribution in [0.1, 0.15) is 32.8 Å². The Morgan fingerprint density at radius 1 is 1.23 bits per heavy atom. The fourth-order valence-electron chi connectivity index (χ4n) is 2.90. The van der Waals surface area contributed by atoms with Crippen molar-refractivity contribution >= 4 is 22.8 Å². The fraction of sp³-hybridized carbons (Fsp3) is 0.500. The molecule has 2 heterocycles. The second-order valence-corrected chi connectivity index (χ2v) is 7.65. The van der Waals surface area contributed by atoms with E-state index in [1.165, 1.54) is 0 Å². The van der Waals surface area contributed by atoms with Gasteiger partial charge < -0.3 is 19.4 Å². The van der Waals surface area contributed by atoms with Gasteiger partial charge in [0.2, 0.25) is 5.91 Å². The summed E-state index contributed by atoms with van der Waals surface area (Å²) in [6.45, 7) is 8.04. The van der Waals surface area contributed by atoms with Gasteiger partial charge in [0, 0.05) is 36.6 Å². The lowest BCUT2D eigenvalue weighted by atomic mass is 9.97. The first-order chi connectivity index (χ1) is 12.3. The summed E-state index contributed by atoms with van der Waals surface area (Å²) >= 11 is 0. The van der Waals surface area contributed by atoms with E-state index in [-0.39, 0.29) is 11.9 Å². The molecule has 0 radical (unpaired) electrons. The molecule has 2 aromatic rings. The van der Waals surface area contributed by atoms with Gasteiger partial charge >= 0.3 is 5.97 Å². The number of morpholine rings is 1. The molecule has 1 aromatic carbocycles. The van der Waals surface area contributed by atoms with Crippen molar-refractivity contribution in [2.75, 3.05) is 26.3 Å². The summed E-state index contributed by atoms with van der Waals surface area (Å²) in [6, 6.07) is 5.54. The Balaban J connectivity index is 1.69. The van der Waals surface area contributed by atoms with Crippen LogP contribution < -0.4 is 4.74 Å². The number of H-pyrrole nitrogens is 1. The zero-order valence-corrected chi connectivity index (χ0v) is 15.6. The molecule has 0 aliphatic carbocycles. The Hall–Kier alpha value is -2.34. The number of carbonyl (C=O) groups excluding carboxylic acids is 2. The zero-order chi connectivity index (χ0) is 18.7. The summed E-state index contributed by atoms with van der Waals surface area (Å²) in [4.78, 5) is 29.5. The van der Waals surface area contributed by atoms with Gasteiger partial charge in [-0.1, -0.05) is 0 Å². The van der Waals surface area contributed by atoms with E-state index in [9.17, 15) is 9.59 Å². The lowest BCUT2D eigenvalue weighted by molar-refractivity contribution is -0.143. The summed E-state index contributed by atoms with van der Waals surface area (Å²) in [7, 11) is 0. The lowest BCUT2D eigenvalue weighted by Crippen LogP contribution is -2.40. The number of amides is 1. The monoisotopic (exact) mass is 358 g/mol. The van der Waals surface area contributed by atoms with Gasteiger partial charge in [0.15, 0.2) is 0 Å². The van der Waals surface area contributed by atoms with Crippen molar-refractivity contribution in [1.82, 2.24) is 9.88 Å². The number of ether oxygens (including phenoxy) is 2. The van der Waals surface area contributed by atoms with Crippen LogP contribution in [0.4, 0.5) is 0 Å². The van der Waals surface area contributed by atoms with Gasteiger partial charge in [-0.05, 0) is 51.0 Å². The summed E-state index contributed by atoms with van der Waals surface area (Å²) in [6.07, 6.45) is 3.03. The number of nitrogens with one attached hydrogen (secondary N) is 1. The highest BCUT2D eigenvalue weighted by Crippen LogP contribution is 2.26. The maximum atomic E-state index is 12.3. The van der Waals surface area contributed by atoms with E-state index in [1.54, 1.807) is 6.07 Å². The molecule has 0 spiro atoms. The van der Waals surface area contributed by atoms with Crippen molar-refractivity contribution in [2.24, 2.45) is 5.41 Å². The smallest absolute Gasteiger partial charge is 0.316 e. The molecule has 1 N–H and O–H groups in total. The van der Waals surface area contributed by atoms with Gasteiger partial charge in [-0.3, -0.25) is 9.59 Å². The SMILES string of the molecule is CC(C)(C)C(=O)Oc1ccc2[nH]cc(CCC(=O)N3CCOCC3)c2c1. The summed E-state index contributed by atoms with van der Waals surface area (Å²) in [5.74, 6) is 0.409. The molecule has 6 heteroatoms. The van der Waals surface area contributed by atoms with Crippen LogP contribution in [0, 0.1) is 5.41 Å². The molecule has 1 aliphatic rings. The first-order valence-electron chi connectivity index (χ1n) is 9.02. The van der Waals surface area contributed by atoms with E-state index in [4.69, 9.17) is 9.47 Å². The zero-order valence-electron chi connectivity index (χ0n) is 15.6. The number of benzene rings is 1. The number of nitrogens with zero attached hydrogens (tertiary/aromatic N) is 1. The third-order valence-corrected chi connectivity index (χ3v) is 4.53. The maximum Gasteiger partial charge on any atom is 0.316 e. The van der Waals surface area contributed by atoms with E-state index >= 15 is 0 Å². The van der Waals surface area contributed by atoms with Crippen LogP contribution in [0.5, 0.6) is 5.75 Å². The number of aryl methyl sites for hydroxylation is 1. The predicted molar refractivity (Wildman–Crippen MR) is 99.1 cm³/mol. The summed E-state index contributed by atoms with van der Waals surface area (Å²) < 4.78 is 10.8. The molecule has 1 amide bonds. The molecule has 140 valence electrons. The third-order valence-electron chi connectivity index (χ3n) is 4.53. The Labute approximate surface area is 153 Å². The Morgan fingerprint density at radius 2 is 1.96 bits per heavy atom. The normalized spacial score (nSPS) is 15.3. The number of hydrogen-bond acceptors (Lipinski definition) is 4.